The predicted octanol–water partition coefficient (Wildman–Crippen LogP) is 4.37. The first-order chi connectivity index (χ1) is 8.69. The van der Waals surface area contributed by atoms with Crippen molar-refractivity contribution in [2.45, 2.75) is 31.3 Å². The van der Waals surface area contributed by atoms with Gasteiger partial charge in [0.15, 0.2) is 0 Å². The molecule has 0 saturated heterocycles. The molecule has 0 amide bonds. The third-order valence-electron chi connectivity index (χ3n) is 2.64. The van der Waals surface area contributed by atoms with Crippen LogP contribution in [0.3, 0.4) is 0 Å². The molecule has 0 aliphatic heterocycles. The molecule has 1 atom stereocenters. The van der Waals surface area contributed by atoms with Crippen LogP contribution in [-0.4, -0.2) is 15.4 Å². The third kappa shape index (κ3) is 3.71. The van der Waals surface area contributed by atoms with E-state index in [-0.39, 0.29) is 0 Å². The van der Waals surface area contributed by atoms with E-state index in [0.29, 0.717) is 17.0 Å². The van der Waals surface area contributed by atoms with E-state index in [9.17, 15) is 0 Å². The molecule has 2 aromatic rings. The van der Waals surface area contributed by atoms with Gasteiger partial charge in [0.1, 0.15) is 0 Å². The van der Waals surface area contributed by atoms with E-state index >= 15 is 0 Å². The maximum Gasteiger partial charge on any atom is 0.236 e. The van der Waals surface area contributed by atoms with Crippen LogP contribution < -0.4 is 0 Å². The van der Waals surface area contributed by atoms with Crippen molar-refractivity contribution in [1.82, 2.24) is 10.1 Å². The Labute approximate surface area is 125 Å². The van der Waals surface area contributed by atoms with Gasteiger partial charge in [0.05, 0.1) is 5.75 Å². The number of benzene rings is 1. The average Bonchev–Trinajstić information content (AvgIpc) is 2.85. The average molecular weight is 374 g/mol. The van der Waals surface area contributed by atoms with Gasteiger partial charge in [-0.2, -0.15) is 4.98 Å². The molecule has 1 heterocycles. The molecule has 0 spiro atoms. The molecule has 0 radical (unpaired) electrons. The molecule has 18 heavy (non-hydrogen) atoms. The lowest BCUT2D eigenvalue weighted by Gasteiger charge is -2.03. The highest BCUT2D eigenvalue weighted by Gasteiger charge is 2.09. The summed E-state index contributed by atoms with van der Waals surface area (Å²) in [6.45, 7) is 4.39. The van der Waals surface area contributed by atoms with E-state index in [2.05, 4.69) is 46.6 Å². The number of rotatable bonds is 5. The van der Waals surface area contributed by atoms with E-state index < -0.39 is 0 Å². The van der Waals surface area contributed by atoms with Crippen LogP contribution in [0.2, 0.25) is 0 Å². The summed E-state index contributed by atoms with van der Waals surface area (Å²) < 4.78 is 6.46. The zero-order valence-corrected chi connectivity index (χ0v) is 13.4. The van der Waals surface area contributed by atoms with Crippen LogP contribution >= 0.6 is 34.4 Å². The summed E-state index contributed by atoms with van der Waals surface area (Å²) in [5, 5.41) is 4.64. The lowest BCUT2D eigenvalue weighted by molar-refractivity contribution is 0.391. The van der Waals surface area contributed by atoms with Crippen molar-refractivity contribution in [3.8, 4) is 11.4 Å². The molecule has 0 aliphatic rings. The predicted molar refractivity (Wildman–Crippen MR) is 83.5 cm³/mol. The molecule has 2 rings (SSSR count). The maximum atomic E-state index is 5.26. The van der Waals surface area contributed by atoms with E-state index in [1.54, 1.807) is 0 Å². The van der Waals surface area contributed by atoms with E-state index in [1.807, 2.05) is 36.0 Å². The highest BCUT2D eigenvalue weighted by atomic mass is 127. The summed E-state index contributed by atoms with van der Waals surface area (Å²) in [6, 6.07) is 8.11. The zero-order chi connectivity index (χ0) is 13.0. The van der Waals surface area contributed by atoms with Crippen LogP contribution in [0.5, 0.6) is 0 Å². The highest BCUT2D eigenvalue weighted by molar-refractivity contribution is 14.1. The van der Waals surface area contributed by atoms with Crippen LogP contribution in [0.4, 0.5) is 0 Å². The summed E-state index contributed by atoms with van der Waals surface area (Å²) in [5.74, 6) is 2.16. The second-order valence-corrected chi connectivity index (χ2v) is 6.72. The number of hydrogen-bond acceptors (Lipinski definition) is 4. The SMILES string of the molecule is CCC(C)SCc1nc(-c2ccc(I)cc2)no1. The van der Waals surface area contributed by atoms with Crippen molar-refractivity contribution in [3.05, 3.63) is 33.7 Å². The van der Waals surface area contributed by atoms with Gasteiger partial charge in [0, 0.05) is 14.4 Å². The molecular weight excluding hydrogens is 359 g/mol. The van der Waals surface area contributed by atoms with Gasteiger partial charge in [0.2, 0.25) is 11.7 Å². The Balaban J connectivity index is 2.03. The Hall–Kier alpha value is -0.560. The lowest BCUT2D eigenvalue weighted by Crippen LogP contribution is -1.93. The third-order valence-corrected chi connectivity index (χ3v) is 4.67. The van der Waals surface area contributed by atoms with Gasteiger partial charge in [-0.05, 0) is 41.1 Å². The molecule has 0 saturated carbocycles. The van der Waals surface area contributed by atoms with Crippen LogP contribution in [0.1, 0.15) is 26.2 Å². The molecule has 0 N–H and O–H groups in total. The normalized spacial score (nSPS) is 12.6. The fraction of sp³-hybridized carbons (Fsp3) is 0.385. The van der Waals surface area contributed by atoms with Gasteiger partial charge in [-0.15, -0.1) is 11.8 Å². The monoisotopic (exact) mass is 374 g/mol. The highest BCUT2D eigenvalue weighted by Crippen LogP contribution is 2.21. The van der Waals surface area contributed by atoms with Crippen LogP contribution in [0, 0.1) is 3.57 Å². The van der Waals surface area contributed by atoms with Gasteiger partial charge in [-0.3, -0.25) is 0 Å². The number of thioether (sulfide) groups is 1. The first kappa shape index (κ1) is 13.9. The molecule has 3 nitrogen and oxygen atoms in total. The molecule has 1 aromatic carbocycles. The van der Waals surface area contributed by atoms with Crippen molar-refractivity contribution < 1.29 is 4.52 Å². The molecular formula is C13H15IN2OS. The van der Waals surface area contributed by atoms with Crippen molar-refractivity contribution in [2.24, 2.45) is 0 Å². The number of hydrogen-bond donors (Lipinski definition) is 0. The summed E-state index contributed by atoms with van der Waals surface area (Å²) >= 11 is 4.12. The Morgan fingerprint density at radius 1 is 1.33 bits per heavy atom. The lowest BCUT2D eigenvalue weighted by atomic mass is 10.2. The minimum absolute atomic E-state index is 0.624. The molecule has 1 unspecified atom stereocenters. The van der Waals surface area contributed by atoms with Gasteiger partial charge >= 0.3 is 0 Å². The first-order valence-electron chi connectivity index (χ1n) is 5.89. The minimum atomic E-state index is 0.624. The maximum absolute atomic E-state index is 5.26. The largest absolute Gasteiger partial charge is 0.338 e. The Bertz CT molecular complexity index is 498. The van der Waals surface area contributed by atoms with Crippen molar-refractivity contribution in [2.75, 3.05) is 0 Å². The van der Waals surface area contributed by atoms with E-state index in [4.69, 9.17) is 4.52 Å². The molecule has 96 valence electrons. The van der Waals surface area contributed by atoms with Crippen LogP contribution in [0.25, 0.3) is 11.4 Å². The van der Waals surface area contributed by atoms with Gasteiger partial charge in [-0.1, -0.05) is 31.1 Å². The summed E-state index contributed by atoms with van der Waals surface area (Å²) in [5.41, 5.74) is 0.999. The molecule has 0 bridgehead atoms. The number of halogens is 1. The number of aromatic nitrogens is 2. The minimum Gasteiger partial charge on any atom is -0.338 e. The Morgan fingerprint density at radius 3 is 2.72 bits per heavy atom. The smallest absolute Gasteiger partial charge is 0.236 e. The van der Waals surface area contributed by atoms with Gasteiger partial charge in [-0.25, -0.2) is 0 Å². The first-order valence-corrected chi connectivity index (χ1v) is 8.02. The Morgan fingerprint density at radius 2 is 2.06 bits per heavy atom. The second kappa shape index (κ2) is 6.56. The standard InChI is InChI=1S/C13H15IN2OS/c1-3-9(2)18-8-12-15-13(16-17-12)10-4-6-11(14)7-5-10/h4-7,9H,3,8H2,1-2H3. The zero-order valence-electron chi connectivity index (χ0n) is 10.4. The van der Waals surface area contributed by atoms with E-state index in [1.165, 1.54) is 3.57 Å². The fourth-order valence-electron chi connectivity index (χ4n) is 1.36. The van der Waals surface area contributed by atoms with Crippen molar-refractivity contribution in [3.63, 3.8) is 0 Å². The molecule has 0 fully saturated rings. The van der Waals surface area contributed by atoms with Gasteiger partial charge < -0.3 is 4.52 Å². The molecule has 0 aliphatic carbocycles. The second-order valence-electron chi connectivity index (χ2n) is 4.05. The summed E-state index contributed by atoms with van der Waals surface area (Å²) in [7, 11) is 0. The van der Waals surface area contributed by atoms with Gasteiger partial charge in [0.25, 0.3) is 0 Å². The summed E-state index contributed by atoms with van der Waals surface area (Å²) in [4.78, 5) is 4.42. The van der Waals surface area contributed by atoms with Crippen molar-refractivity contribution in [1.29, 1.82) is 0 Å². The Kier molecular flexibility index (Phi) is 5.05. The number of nitrogens with zero attached hydrogens (tertiary/aromatic N) is 2. The molecule has 5 heteroatoms. The van der Waals surface area contributed by atoms with Crippen molar-refractivity contribution >= 4 is 34.4 Å². The van der Waals surface area contributed by atoms with E-state index in [0.717, 1.165) is 17.7 Å². The van der Waals surface area contributed by atoms with Crippen LogP contribution in [-0.2, 0) is 5.75 Å². The quantitative estimate of drug-likeness (QED) is 0.729. The fourth-order valence-corrected chi connectivity index (χ4v) is 2.50. The molecule has 1 aromatic heterocycles. The topological polar surface area (TPSA) is 38.9 Å². The van der Waals surface area contributed by atoms with Crippen LogP contribution in [0.15, 0.2) is 28.8 Å². The summed E-state index contributed by atoms with van der Waals surface area (Å²) in [6.07, 6.45) is 1.16.